The van der Waals surface area contributed by atoms with E-state index in [0.29, 0.717) is 5.70 Å². The van der Waals surface area contributed by atoms with Gasteiger partial charge in [0.15, 0.2) is 5.78 Å². The first-order chi connectivity index (χ1) is 11.6. The van der Waals surface area contributed by atoms with Gasteiger partial charge in [-0.1, -0.05) is 48.5 Å². The van der Waals surface area contributed by atoms with Crippen molar-refractivity contribution in [3.05, 3.63) is 96.6 Å². The van der Waals surface area contributed by atoms with Crippen LogP contribution >= 0.6 is 0 Å². The van der Waals surface area contributed by atoms with Crippen LogP contribution in [0.3, 0.4) is 0 Å². The van der Waals surface area contributed by atoms with Gasteiger partial charge >= 0.3 is 0 Å². The Morgan fingerprint density at radius 2 is 1.50 bits per heavy atom. The Labute approximate surface area is 140 Å². The van der Waals surface area contributed by atoms with E-state index in [9.17, 15) is 9.90 Å². The molecular weight excluding hydrogens is 300 g/mol. The summed E-state index contributed by atoms with van der Waals surface area (Å²) in [7, 11) is 0. The maximum atomic E-state index is 11.3. The van der Waals surface area contributed by atoms with E-state index >= 15 is 0 Å². The number of anilines is 1. The Kier molecular flexibility index (Phi) is 4.59. The van der Waals surface area contributed by atoms with Crippen LogP contribution < -0.4 is 10.9 Å². The molecule has 0 unspecified atom stereocenters. The van der Waals surface area contributed by atoms with Crippen molar-refractivity contribution in [3.63, 3.8) is 0 Å². The summed E-state index contributed by atoms with van der Waals surface area (Å²) in [6.07, 6.45) is 7.34. The SMILES string of the molecule is O=C1C=CC(O)(C=C(NNc2ccccc2)c2ccccc2)C=C1. The van der Waals surface area contributed by atoms with E-state index in [1.807, 2.05) is 60.7 Å². The van der Waals surface area contributed by atoms with E-state index in [2.05, 4.69) is 10.9 Å². The summed E-state index contributed by atoms with van der Waals surface area (Å²) in [4.78, 5) is 11.3. The molecule has 0 atom stereocenters. The molecule has 0 saturated carbocycles. The van der Waals surface area contributed by atoms with E-state index in [0.717, 1.165) is 11.3 Å². The minimum atomic E-state index is -1.32. The molecule has 2 aromatic rings. The number of carbonyl (C=O) groups is 1. The molecular formula is C20H18N2O2. The van der Waals surface area contributed by atoms with E-state index < -0.39 is 5.60 Å². The normalized spacial score (nSPS) is 16.0. The van der Waals surface area contributed by atoms with Crippen LogP contribution in [0.2, 0.25) is 0 Å². The smallest absolute Gasteiger partial charge is 0.178 e. The van der Waals surface area contributed by atoms with Crippen molar-refractivity contribution in [2.45, 2.75) is 5.60 Å². The molecule has 4 nitrogen and oxygen atoms in total. The minimum absolute atomic E-state index is 0.135. The highest BCUT2D eigenvalue weighted by Crippen LogP contribution is 2.21. The molecule has 0 amide bonds. The molecule has 1 aliphatic carbocycles. The third kappa shape index (κ3) is 4.00. The van der Waals surface area contributed by atoms with Gasteiger partial charge in [0.1, 0.15) is 5.60 Å². The number of benzene rings is 2. The van der Waals surface area contributed by atoms with Crippen molar-refractivity contribution in [1.82, 2.24) is 5.43 Å². The second-order valence-electron chi connectivity index (χ2n) is 5.50. The van der Waals surface area contributed by atoms with Gasteiger partial charge in [0, 0.05) is 0 Å². The molecule has 0 heterocycles. The van der Waals surface area contributed by atoms with Gasteiger partial charge in [-0.15, -0.1) is 0 Å². The number of hydrogen-bond donors (Lipinski definition) is 3. The highest BCUT2D eigenvalue weighted by molar-refractivity contribution is 6.00. The van der Waals surface area contributed by atoms with E-state index in [-0.39, 0.29) is 5.78 Å². The predicted molar refractivity (Wildman–Crippen MR) is 95.9 cm³/mol. The number of para-hydroxylation sites is 1. The lowest BCUT2D eigenvalue weighted by Crippen LogP contribution is -2.27. The van der Waals surface area contributed by atoms with Gasteiger partial charge in [0.05, 0.1) is 11.4 Å². The zero-order valence-electron chi connectivity index (χ0n) is 13.0. The zero-order chi connectivity index (χ0) is 16.8. The van der Waals surface area contributed by atoms with E-state index in [1.54, 1.807) is 6.08 Å². The summed E-state index contributed by atoms with van der Waals surface area (Å²) < 4.78 is 0. The average molecular weight is 318 g/mol. The fourth-order valence-corrected chi connectivity index (χ4v) is 2.34. The molecule has 4 heteroatoms. The first-order valence-electron chi connectivity index (χ1n) is 7.65. The lowest BCUT2D eigenvalue weighted by Gasteiger charge is -2.22. The second-order valence-corrected chi connectivity index (χ2v) is 5.50. The molecule has 3 rings (SSSR count). The van der Waals surface area contributed by atoms with Crippen LogP contribution in [0.25, 0.3) is 5.70 Å². The number of carbonyl (C=O) groups excluding carboxylic acids is 1. The first kappa shape index (κ1) is 15.8. The van der Waals surface area contributed by atoms with Gasteiger partial charge < -0.3 is 16.0 Å². The van der Waals surface area contributed by atoms with Crippen molar-refractivity contribution < 1.29 is 9.90 Å². The molecule has 2 aromatic carbocycles. The van der Waals surface area contributed by atoms with Gasteiger partial charge in [0.25, 0.3) is 0 Å². The van der Waals surface area contributed by atoms with Crippen LogP contribution in [0.1, 0.15) is 5.56 Å². The lowest BCUT2D eigenvalue weighted by molar-refractivity contribution is -0.110. The first-order valence-corrected chi connectivity index (χ1v) is 7.65. The predicted octanol–water partition coefficient (Wildman–Crippen LogP) is 3.07. The molecule has 0 spiro atoms. The van der Waals surface area contributed by atoms with Crippen LogP contribution in [0.15, 0.2) is 91.0 Å². The van der Waals surface area contributed by atoms with Crippen molar-refractivity contribution in [3.8, 4) is 0 Å². The molecule has 3 N–H and O–H groups in total. The van der Waals surface area contributed by atoms with Crippen LogP contribution in [0.4, 0.5) is 5.69 Å². The van der Waals surface area contributed by atoms with Crippen molar-refractivity contribution in [2.24, 2.45) is 0 Å². The zero-order valence-corrected chi connectivity index (χ0v) is 13.0. The molecule has 120 valence electrons. The summed E-state index contributed by atoms with van der Waals surface area (Å²) in [5.74, 6) is -0.135. The van der Waals surface area contributed by atoms with Gasteiger partial charge in [-0.3, -0.25) is 4.79 Å². The number of hydrazine groups is 1. The van der Waals surface area contributed by atoms with Gasteiger partial charge in [-0.05, 0) is 48.1 Å². The Bertz CT molecular complexity index is 777. The van der Waals surface area contributed by atoms with Crippen molar-refractivity contribution in [1.29, 1.82) is 0 Å². The number of aliphatic hydroxyl groups is 1. The topological polar surface area (TPSA) is 61.4 Å². The largest absolute Gasteiger partial charge is 0.378 e. The quantitative estimate of drug-likeness (QED) is 0.742. The Balaban J connectivity index is 1.88. The monoisotopic (exact) mass is 318 g/mol. The molecule has 0 saturated heterocycles. The summed E-state index contributed by atoms with van der Waals surface area (Å²) in [5.41, 5.74) is 7.44. The minimum Gasteiger partial charge on any atom is -0.378 e. The van der Waals surface area contributed by atoms with Gasteiger partial charge in [0.2, 0.25) is 0 Å². The molecule has 0 aromatic heterocycles. The fraction of sp³-hybridized carbons (Fsp3) is 0.0500. The Morgan fingerprint density at radius 1 is 0.917 bits per heavy atom. The van der Waals surface area contributed by atoms with E-state index in [1.165, 1.54) is 24.3 Å². The van der Waals surface area contributed by atoms with Crippen LogP contribution in [0, 0.1) is 0 Å². The average Bonchev–Trinajstić information content (AvgIpc) is 2.63. The van der Waals surface area contributed by atoms with Gasteiger partial charge in [-0.25, -0.2) is 0 Å². The summed E-state index contributed by atoms with van der Waals surface area (Å²) in [5, 5.41) is 10.6. The van der Waals surface area contributed by atoms with Crippen LogP contribution in [-0.4, -0.2) is 16.5 Å². The van der Waals surface area contributed by atoms with Gasteiger partial charge in [-0.2, -0.15) is 0 Å². The maximum Gasteiger partial charge on any atom is 0.178 e. The number of allylic oxidation sites excluding steroid dienone is 2. The molecule has 0 radical (unpaired) electrons. The van der Waals surface area contributed by atoms with E-state index in [4.69, 9.17) is 0 Å². The number of ketones is 1. The van der Waals surface area contributed by atoms with Crippen molar-refractivity contribution >= 4 is 17.2 Å². The second kappa shape index (κ2) is 6.98. The highest BCUT2D eigenvalue weighted by atomic mass is 16.3. The lowest BCUT2D eigenvalue weighted by atomic mass is 9.95. The number of nitrogens with one attached hydrogen (secondary N) is 2. The summed E-state index contributed by atoms with van der Waals surface area (Å²) in [6.45, 7) is 0. The molecule has 24 heavy (non-hydrogen) atoms. The molecule has 0 aliphatic heterocycles. The third-order valence-electron chi connectivity index (χ3n) is 3.60. The maximum absolute atomic E-state index is 11.3. The van der Waals surface area contributed by atoms with Crippen molar-refractivity contribution in [2.75, 3.05) is 5.43 Å². The Morgan fingerprint density at radius 3 is 2.12 bits per heavy atom. The molecule has 0 fully saturated rings. The third-order valence-corrected chi connectivity index (χ3v) is 3.60. The van der Waals surface area contributed by atoms with Crippen LogP contribution in [-0.2, 0) is 4.79 Å². The standard InChI is InChI=1S/C20H18N2O2/c23-18-11-13-20(24,14-12-18)15-19(16-7-3-1-4-8-16)22-21-17-9-5-2-6-10-17/h1-15,21-22,24H. The number of rotatable bonds is 5. The number of hydrogen-bond acceptors (Lipinski definition) is 4. The van der Waals surface area contributed by atoms with Crippen LogP contribution in [0.5, 0.6) is 0 Å². The summed E-state index contributed by atoms with van der Waals surface area (Å²) in [6, 6.07) is 19.3. The Hall–Kier alpha value is -3.11. The summed E-state index contributed by atoms with van der Waals surface area (Å²) >= 11 is 0. The fourth-order valence-electron chi connectivity index (χ4n) is 2.34. The molecule has 0 bridgehead atoms. The highest BCUT2D eigenvalue weighted by Gasteiger charge is 2.21. The molecule has 1 aliphatic rings.